The van der Waals surface area contributed by atoms with E-state index in [2.05, 4.69) is 38.8 Å². The number of amides is 2. The first-order valence-electron chi connectivity index (χ1n) is 16.6. The average Bonchev–Trinajstić information content (AvgIpc) is 3.78. The number of aromatic amines is 1. The zero-order valence-corrected chi connectivity index (χ0v) is 28.9. The van der Waals surface area contributed by atoms with Crippen LogP contribution in [0, 0.1) is 5.92 Å². The van der Waals surface area contributed by atoms with Crippen LogP contribution in [0.2, 0.25) is 0 Å². The number of alkyl halides is 3. The molecule has 3 heterocycles. The Morgan fingerprint density at radius 3 is 2.57 bits per heavy atom. The summed E-state index contributed by atoms with van der Waals surface area (Å²) >= 11 is 3.44. The fraction of sp³-hybridized carbons (Fsp3) is 0.378. The van der Waals surface area contributed by atoms with E-state index < -0.39 is 11.7 Å². The van der Waals surface area contributed by atoms with E-state index in [0.717, 1.165) is 103 Å². The number of carbonyl (C=O) groups is 2. The highest BCUT2D eigenvalue weighted by Crippen LogP contribution is 2.37. The number of thiophene rings is 1. The number of hydrogen-bond donors (Lipinski definition) is 3. The summed E-state index contributed by atoms with van der Waals surface area (Å²) in [4.78, 5) is 33.4. The van der Waals surface area contributed by atoms with E-state index in [1.807, 2.05) is 12.3 Å². The van der Waals surface area contributed by atoms with Gasteiger partial charge in [0.25, 0.3) is 0 Å². The van der Waals surface area contributed by atoms with E-state index in [0.29, 0.717) is 32.5 Å². The van der Waals surface area contributed by atoms with E-state index in [9.17, 15) is 22.8 Å². The largest absolute Gasteiger partial charge is 0.492 e. The lowest BCUT2D eigenvalue weighted by atomic mass is 10.0. The van der Waals surface area contributed by atoms with Gasteiger partial charge in [0, 0.05) is 58.4 Å². The number of rotatable bonds is 16. The highest BCUT2D eigenvalue weighted by atomic mass is 32.2. The molecule has 12 heteroatoms. The molecule has 1 fully saturated rings. The second-order valence-electron chi connectivity index (χ2n) is 12.4. The van der Waals surface area contributed by atoms with Gasteiger partial charge in [-0.25, -0.2) is 4.98 Å². The van der Waals surface area contributed by atoms with Crippen LogP contribution >= 0.6 is 23.1 Å². The minimum atomic E-state index is -4.36. The number of nitrogens with one attached hydrogen (secondary N) is 3. The van der Waals surface area contributed by atoms with Crippen LogP contribution < -0.4 is 15.4 Å². The van der Waals surface area contributed by atoms with Gasteiger partial charge in [0.15, 0.2) is 0 Å². The molecule has 1 saturated carbocycles. The summed E-state index contributed by atoms with van der Waals surface area (Å²) in [5.74, 6) is 1.91. The number of fused-ring (bicyclic) bond motifs is 2. The second kappa shape index (κ2) is 15.7. The van der Waals surface area contributed by atoms with E-state index >= 15 is 0 Å². The maximum Gasteiger partial charge on any atom is 0.416 e. The van der Waals surface area contributed by atoms with E-state index in [1.165, 1.54) is 6.92 Å². The maximum absolute atomic E-state index is 13.1. The molecule has 3 aromatic heterocycles. The second-order valence-corrected chi connectivity index (χ2v) is 14.7. The summed E-state index contributed by atoms with van der Waals surface area (Å²) in [7, 11) is 0. The Morgan fingerprint density at radius 2 is 1.82 bits per heavy atom. The Hall–Kier alpha value is -4.03. The van der Waals surface area contributed by atoms with Crippen molar-refractivity contribution < 1.29 is 27.5 Å². The zero-order chi connectivity index (χ0) is 34.4. The standard InChI is InChI=1S/C37H39F3N4O3S2/c1-23(45)41-15-13-30-32-20-29(10-11-33(32)49-34(30)18-24-4-8-27(9-5-24)37(38,39)40)48-17-3-2-16-47-28-19-31-26(21-43-35(31)44-22-28)12-14-42-36(46)25-6-7-25/h4-5,8-11,19-22,25H,2-3,6-7,12-18H2,1H3,(H,41,45)(H,42,46)(H,43,44). The monoisotopic (exact) mass is 708 g/mol. The van der Waals surface area contributed by atoms with Crippen LogP contribution in [-0.2, 0) is 35.0 Å². The molecule has 5 aromatic rings. The number of hydrogen-bond acceptors (Lipinski definition) is 6. The van der Waals surface area contributed by atoms with Gasteiger partial charge in [-0.1, -0.05) is 12.1 Å². The molecule has 1 aliphatic carbocycles. The molecule has 0 unspecified atom stereocenters. The van der Waals surface area contributed by atoms with Crippen molar-refractivity contribution in [1.29, 1.82) is 0 Å². The third kappa shape index (κ3) is 9.36. The van der Waals surface area contributed by atoms with Crippen molar-refractivity contribution in [1.82, 2.24) is 20.6 Å². The number of unbranched alkanes of at least 4 members (excludes halogenated alkanes) is 1. The summed E-state index contributed by atoms with van der Waals surface area (Å²) in [5.41, 5.74) is 3.20. The SMILES string of the molecule is CC(=O)NCCc1c(Cc2ccc(C(F)(F)F)cc2)sc2ccc(SCCCCOc3cnc4[nH]cc(CCNC(=O)C5CC5)c4c3)cc12. The van der Waals surface area contributed by atoms with Crippen LogP contribution in [0.15, 0.2) is 65.8 Å². The quantitative estimate of drug-likeness (QED) is 0.0712. The Kier molecular flexibility index (Phi) is 11.1. The lowest BCUT2D eigenvalue weighted by molar-refractivity contribution is -0.137. The van der Waals surface area contributed by atoms with Crippen LogP contribution in [0.5, 0.6) is 5.75 Å². The number of benzene rings is 2. The number of thioether (sulfide) groups is 1. The third-order valence-corrected chi connectivity index (χ3v) is 10.8. The molecule has 258 valence electrons. The molecule has 0 bridgehead atoms. The first-order chi connectivity index (χ1) is 23.6. The van der Waals surface area contributed by atoms with Crippen LogP contribution in [0.1, 0.15) is 59.7 Å². The molecule has 49 heavy (non-hydrogen) atoms. The molecule has 2 aromatic carbocycles. The summed E-state index contributed by atoms with van der Waals surface area (Å²) < 4.78 is 46.4. The van der Waals surface area contributed by atoms with E-state index in [1.54, 1.807) is 41.4 Å². The molecular weight excluding hydrogens is 670 g/mol. The number of ether oxygens (including phenoxy) is 1. The third-order valence-electron chi connectivity index (χ3n) is 8.55. The minimum Gasteiger partial charge on any atom is -0.492 e. The Morgan fingerprint density at radius 1 is 1.02 bits per heavy atom. The summed E-state index contributed by atoms with van der Waals surface area (Å²) in [5, 5.41) is 8.03. The Balaban J connectivity index is 1.02. The van der Waals surface area contributed by atoms with Gasteiger partial charge in [-0.2, -0.15) is 13.2 Å². The van der Waals surface area contributed by atoms with E-state index in [4.69, 9.17) is 4.74 Å². The van der Waals surface area contributed by atoms with Crippen LogP contribution in [0.25, 0.3) is 21.1 Å². The van der Waals surface area contributed by atoms with Crippen molar-refractivity contribution in [2.24, 2.45) is 5.92 Å². The fourth-order valence-electron chi connectivity index (χ4n) is 5.76. The van der Waals surface area contributed by atoms with Crippen LogP contribution in [-0.4, -0.2) is 47.2 Å². The Bertz CT molecular complexity index is 1920. The van der Waals surface area contributed by atoms with Gasteiger partial charge >= 0.3 is 6.18 Å². The smallest absolute Gasteiger partial charge is 0.416 e. The molecule has 6 rings (SSSR count). The number of aromatic nitrogens is 2. The van der Waals surface area contributed by atoms with Gasteiger partial charge in [-0.05, 0) is 103 Å². The zero-order valence-electron chi connectivity index (χ0n) is 27.3. The molecule has 0 aliphatic heterocycles. The molecule has 0 radical (unpaired) electrons. The van der Waals surface area contributed by atoms with Crippen molar-refractivity contribution in [3.05, 3.63) is 88.1 Å². The normalized spacial score (nSPS) is 13.2. The van der Waals surface area contributed by atoms with Crippen molar-refractivity contribution in [2.45, 2.75) is 62.9 Å². The number of carbonyl (C=O) groups excluding carboxylic acids is 2. The average molecular weight is 709 g/mol. The molecule has 0 atom stereocenters. The van der Waals surface area contributed by atoms with Crippen LogP contribution in [0.3, 0.4) is 0 Å². The molecule has 7 nitrogen and oxygen atoms in total. The number of pyridine rings is 1. The molecule has 0 spiro atoms. The maximum atomic E-state index is 13.1. The van der Waals surface area contributed by atoms with Crippen molar-refractivity contribution in [2.75, 3.05) is 25.4 Å². The first kappa shape index (κ1) is 34.8. The van der Waals surface area contributed by atoms with Crippen molar-refractivity contribution in [3.8, 4) is 5.75 Å². The highest BCUT2D eigenvalue weighted by Gasteiger charge is 2.30. The molecule has 1 aliphatic rings. The van der Waals surface area contributed by atoms with Gasteiger partial charge in [-0.15, -0.1) is 23.1 Å². The predicted molar refractivity (Wildman–Crippen MR) is 189 cm³/mol. The summed E-state index contributed by atoms with van der Waals surface area (Å²) in [6.45, 7) is 3.16. The minimum absolute atomic E-state index is 0.0965. The number of H-pyrrole nitrogens is 1. The molecule has 3 N–H and O–H groups in total. The van der Waals surface area contributed by atoms with Gasteiger partial charge in [0.05, 0.1) is 18.4 Å². The van der Waals surface area contributed by atoms with Gasteiger partial charge in [0.1, 0.15) is 11.4 Å². The topological polar surface area (TPSA) is 96.1 Å². The van der Waals surface area contributed by atoms with Gasteiger partial charge in [0.2, 0.25) is 11.8 Å². The molecular formula is C37H39F3N4O3S2. The molecule has 0 saturated heterocycles. The lowest BCUT2D eigenvalue weighted by Crippen LogP contribution is -2.26. The first-order valence-corrected chi connectivity index (χ1v) is 18.4. The molecule has 2 amide bonds. The number of halogens is 3. The predicted octanol–water partition coefficient (Wildman–Crippen LogP) is 8.09. The highest BCUT2D eigenvalue weighted by molar-refractivity contribution is 7.99. The van der Waals surface area contributed by atoms with Crippen LogP contribution in [0.4, 0.5) is 13.2 Å². The van der Waals surface area contributed by atoms with Crippen molar-refractivity contribution >= 4 is 56.0 Å². The lowest BCUT2D eigenvalue weighted by Gasteiger charge is -2.09. The van der Waals surface area contributed by atoms with Crippen molar-refractivity contribution in [3.63, 3.8) is 0 Å². The van der Waals surface area contributed by atoms with Gasteiger partial charge < -0.3 is 20.4 Å². The van der Waals surface area contributed by atoms with E-state index in [-0.39, 0.29) is 17.7 Å². The number of nitrogens with zero attached hydrogens (tertiary/aromatic N) is 1. The summed E-state index contributed by atoms with van der Waals surface area (Å²) in [6.07, 6.45) is 5.06. The summed E-state index contributed by atoms with van der Waals surface area (Å²) in [6, 6.07) is 13.8. The van der Waals surface area contributed by atoms with Gasteiger partial charge in [-0.3, -0.25) is 9.59 Å². The Labute approximate surface area is 291 Å². The fourth-order valence-corrected chi connectivity index (χ4v) is 7.98.